The third-order valence-corrected chi connectivity index (χ3v) is 5.52. The molecule has 1 aliphatic carbocycles. The predicted octanol–water partition coefficient (Wildman–Crippen LogP) is 3.36. The van der Waals surface area contributed by atoms with Crippen LogP contribution in [-0.4, -0.2) is 25.5 Å². The largest absolute Gasteiger partial charge is 0.371 e. The predicted molar refractivity (Wildman–Crippen MR) is 102 cm³/mol. The summed E-state index contributed by atoms with van der Waals surface area (Å²) < 4.78 is 0. The minimum Gasteiger partial charge on any atom is -0.371 e. The van der Waals surface area contributed by atoms with Crippen LogP contribution in [0.25, 0.3) is 0 Å². The number of aryl methyl sites for hydroxylation is 2. The molecule has 0 saturated carbocycles. The van der Waals surface area contributed by atoms with E-state index in [0.29, 0.717) is 12.3 Å². The van der Waals surface area contributed by atoms with E-state index < -0.39 is 0 Å². The first-order chi connectivity index (χ1) is 12.3. The van der Waals surface area contributed by atoms with E-state index in [2.05, 4.69) is 58.7 Å². The highest BCUT2D eigenvalue weighted by Gasteiger charge is 2.23. The molecule has 2 aliphatic rings. The van der Waals surface area contributed by atoms with Gasteiger partial charge in [-0.3, -0.25) is 4.79 Å². The molecule has 0 unspecified atom stereocenters. The summed E-state index contributed by atoms with van der Waals surface area (Å²) in [4.78, 5) is 14.7. The fourth-order valence-electron chi connectivity index (χ4n) is 4.11. The van der Waals surface area contributed by atoms with Crippen molar-refractivity contribution in [2.45, 2.75) is 32.1 Å². The minimum atomic E-state index is 0.149. The first kappa shape index (κ1) is 16.2. The van der Waals surface area contributed by atoms with E-state index in [-0.39, 0.29) is 5.91 Å². The fraction of sp³-hybridized carbons (Fsp3) is 0.409. The standard InChI is InChI=1S/C22H26N2O/c25-22(14-17-9-10-19-5-4-6-20(19)13-17)23-15-18-11-12-24(16-18)21-7-2-1-3-8-21/h1-3,7-10,13,18H,4-6,11-12,14-16H2,(H,23,25)/t18-/m1/s1. The Morgan fingerprint density at radius 2 is 1.92 bits per heavy atom. The van der Waals surface area contributed by atoms with Gasteiger partial charge in [0.25, 0.3) is 0 Å². The third-order valence-electron chi connectivity index (χ3n) is 5.52. The van der Waals surface area contributed by atoms with E-state index in [1.165, 1.54) is 36.1 Å². The number of carbonyl (C=O) groups excluding carboxylic acids is 1. The van der Waals surface area contributed by atoms with Gasteiger partial charge in [-0.1, -0.05) is 36.4 Å². The van der Waals surface area contributed by atoms with Crippen LogP contribution in [0.5, 0.6) is 0 Å². The Morgan fingerprint density at radius 3 is 2.80 bits per heavy atom. The van der Waals surface area contributed by atoms with Crippen molar-refractivity contribution >= 4 is 11.6 Å². The third kappa shape index (κ3) is 3.87. The number of hydrogen-bond acceptors (Lipinski definition) is 2. The SMILES string of the molecule is O=C(Cc1ccc2c(c1)CCC2)NC[C@H]1CCN(c2ccccc2)C1. The first-order valence-corrected chi connectivity index (χ1v) is 9.45. The molecule has 0 radical (unpaired) electrons. The summed E-state index contributed by atoms with van der Waals surface area (Å²) in [6, 6.07) is 17.1. The molecule has 4 rings (SSSR count). The van der Waals surface area contributed by atoms with E-state index >= 15 is 0 Å². The molecule has 1 saturated heterocycles. The number of nitrogens with zero attached hydrogens (tertiary/aromatic N) is 1. The van der Waals surface area contributed by atoms with E-state index in [0.717, 1.165) is 31.6 Å². The zero-order valence-electron chi connectivity index (χ0n) is 14.7. The maximum absolute atomic E-state index is 12.3. The molecule has 1 fully saturated rings. The summed E-state index contributed by atoms with van der Waals surface area (Å²) in [7, 11) is 0. The summed E-state index contributed by atoms with van der Waals surface area (Å²) in [5.41, 5.74) is 5.35. The Kier molecular flexibility index (Phi) is 4.73. The second kappa shape index (κ2) is 7.30. The lowest BCUT2D eigenvalue weighted by Crippen LogP contribution is -2.32. The molecule has 0 bridgehead atoms. The molecule has 1 atom stereocenters. The molecule has 1 heterocycles. The topological polar surface area (TPSA) is 32.3 Å². The molecule has 130 valence electrons. The quantitative estimate of drug-likeness (QED) is 0.909. The Labute approximate surface area is 150 Å². The van der Waals surface area contributed by atoms with Gasteiger partial charge in [0.15, 0.2) is 0 Å². The van der Waals surface area contributed by atoms with E-state index in [9.17, 15) is 4.79 Å². The van der Waals surface area contributed by atoms with Gasteiger partial charge in [0, 0.05) is 25.3 Å². The normalized spacial score (nSPS) is 19.0. The summed E-state index contributed by atoms with van der Waals surface area (Å²) in [5, 5.41) is 3.15. The lowest BCUT2D eigenvalue weighted by molar-refractivity contribution is -0.120. The van der Waals surface area contributed by atoms with Gasteiger partial charge < -0.3 is 10.2 Å². The number of fused-ring (bicyclic) bond motifs is 1. The van der Waals surface area contributed by atoms with E-state index in [1.807, 2.05) is 0 Å². The Balaban J connectivity index is 1.25. The molecule has 2 aromatic carbocycles. The van der Waals surface area contributed by atoms with Crippen LogP contribution in [-0.2, 0) is 24.1 Å². The smallest absolute Gasteiger partial charge is 0.224 e. The van der Waals surface area contributed by atoms with Gasteiger partial charge in [-0.2, -0.15) is 0 Å². The van der Waals surface area contributed by atoms with Crippen LogP contribution in [0.4, 0.5) is 5.69 Å². The molecule has 0 spiro atoms. The number of nitrogens with one attached hydrogen (secondary N) is 1. The zero-order valence-corrected chi connectivity index (χ0v) is 14.7. The Hall–Kier alpha value is -2.29. The lowest BCUT2D eigenvalue weighted by atomic mass is 10.0. The maximum Gasteiger partial charge on any atom is 0.224 e. The van der Waals surface area contributed by atoms with Crippen LogP contribution in [0.3, 0.4) is 0 Å². The molecule has 3 nitrogen and oxygen atoms in total. The fourth-order valence-corrected chi connectivity index (χ4v) is 4.11. The molecular weight excluding hydrogens is 308 g/mol. The van der Waals surface area contributed by atoms with Gasteiger partial charge in [-0.15, -0.1) is 0 Å². The highest BCUT2D eigenvalue weighted by molar-refractivity contribution is 5.78. The molecule has 1 amide bonds. The van der Waals surface area contributed by atoms with Crippen molar-refractivity contribution in [1.29, 1.82) is 0 Å². The number of carbonyl (C=O) groups is 1. The average molecular weight is 334 g/mol. The molecule has 1 N–H and O–H groups in total. The molecule has 3 heteroatoms. The second-order valence-corrected chi connectivity index (χ2v) is 7.37. The Bertz CT molecular complexity index is 741. The number of anilines is 1. The monoisotopic (exact) mass is 334 g/mol. The number of rotatable bonds is 5. The van der Waals surface area contributed by atoms with Crippen LogP contribution < -0.4 is 10.2 Å². The molecule has 1 aliphatic heterocycles. The van der Waals surface area contributed by atoms with Crippen molar-refractivity contribution in [3.63, 3.8) is 0 Å². The van der Waals surface area contributed by atoms with Gasteiger partial charge >= 0.3 is 0 Å². The average Bonchev–Trinajstić information content (AvgIpc) is 3.30. The molecular formula is C22H26N2O. The summed E-state index contributed by atoms with van der Waals surface area (Å²) in [5.74, 6) is 0.695. The van der Waals surface area contributed by atoms with Gasteiger partial charge in [0.1, 0.15) is 0 Å². The highest BCUT2D eigenvalue weighted by atomic mass is 16.1. The van der Waals surface area contributed by atoms with Gasteiger partial charge in [-0.25, -0.2) is 0 Å². The van der Waals surface area contributed by atoms with Crippen molar-refractivity contribution in [3.05, 3.63) is 65.2 Å². The summed E-state index contributed by atoms with van der Waals surface area (Å²) in [6.07, 6.45) is 5.27. The number of hydrogen-bond donors (Lipinski definition) is 1. The molecule has 0 aromatic heterocycles. The van der Waals surface area contributed by atoms with Crippen molar-refractivity contribution in [2.75, 3.05) is 24.5 Å². The van der Waals surface area contributed by atoms with Crippen molar-refractivity contribution in [3.8, 4) is 0 Å². The van der Waals surface area contributed by atoms with Gasteiger partial charge in [-0.05, 0) is 60.4 Å². The molecule has 25 heavy (non-hydrogen) atoms. The summed E-state index contributed by atoms with van der Waals surface area (Å²) >= 11 is 0. The minimum absolute atomic E-state index is 0.149. The molecule has 2 aromatic rings. The van der Waals surface area contributed by atoms with Crippen LogP contribution >= 0.6 is 0 Å². The van der Waals surface area contributed by atoms with Gasteiger partial charge in [0.2, 0.25) is 5.91 Å². The Morgan fingerprint density at radius 1 is 1.08 bits per heavy atom. The van der Waals surface area contributed by atoms with Gasteiger partial charge in [0.05, 0.1) is 6.42 Å². The van der Waals surface area contributed by atoms with Crippen LogP contribution in [0, 0.1) is 5.92 Å². The first-order valence-electron chi connectivity index (χ1n) is 9.45. The van der Waals surface area contributed by atoms with E-state index in [4.69, 9.17) is 0 Å². The lowest BCUT2D eigenvalue weighted by Gasteiger charge is -2.18. The van der Waals surface area contributed by atoms with Crippen molar-refractivity contribution in [1.82, 2.24) is 5.32 Å². The number of benzene rings is 2. The summed E-state index contributed by atoms with van der Waals surface area (Å²) in [6.45, 7) is 2.89. The number of amides is 1. The van der Waals surface area contributed by atoms with Crippen LogP contribution in [0.2, 0.25) is 0 Å². The van der Waals surface area contributed by atoms with Crippen molar-refractivity contribution in [2.24, 2.45) is 5.92 Å². The zero-order chi connectivity index (χ0) is 17.1. The highest BCUT2D eigenvalue weighted by Crippen LogP contribution is 2.24. The number of para-hydroxylation sites is 1. The van der Waals surface area contributed by atoms with Crippen molar-refractivity contribution < 1.29 is 4.79 Å². The second-order valence-electron chi connectivity index (χ2n) is 7.37. The van der Waals surface area contributed by atoms with Crippen LogP contribution in [0.15, 0.2) is 48.5 Å². The van der Waals surface area contributed by atoms with E-state index in [1.54, 1.807) is 0 Å². The van der Waals surface area contributed by atoms with Crippen LogP contribution in [0.1, 0.15) is 29.5 Å². The maximum atomic E-state index is 12.3.